The van der Waals surface area contributed by atoms with Gasteiger partial charge in [-0.2, -0.15) is 4.39 Å². The highest BCUT2D eigenvalue weighted by Crippen LogP contribution is 2.38. The Kier molecular flexibility index (Phi) is 4.70. The van der Waals surface area contributed by atoms with Gasteiger partial charge >= 0.3 is 0 Å². The zero-order valence-corrected chi connectivity index (χ0v) is 11.1. The Bertz CT molecular complexity index is 494. The first-order chi connectivity index (χ1) is 9.54. The smallest absolute Gasteiger partial charge is 0.200 e. The number of aromatic hydroxyl groups is 1. The molecule has 1 aliphatic carbocycles. The minimum atomic E-state index is -1.21. The first-order valence-corrected chi connectivity index (χ1v) is 6.85. The zero-order chi connectivity index (χ0) is 14.7. The fourth-order valence-electron chi connectivity index (χ4n) is 2.91. The summed E-state index contributed by atoms with van der Waals surface area (Å²) in [5.74, 6) is -3.04. The molecule has 20 heavy (non-hydrogen) atoms. The quantitative estimate of drug-likeness (QED) is 0.893. The maximum atomic E-state index is 13.8. The number of benzene rings is 1. The molecule has 0 unspecified atom stereocenters. The molecular formula is C15H18F2O3. The predicted molar refractivity (Wildman–Crippen MR) is 69.4 cm³/mol. The predicted octanol–water partition coefficient (Wildman–Crippen LogP) is 2.90. The highest BCUT2D eigenvalue weighted by molar-refractivity contribution is 5.81. The molecule has 0 aliphatic heterocycles. The lowest BCUT2D eigenvalue weighted by atomic mass is 9.76. The van der Waals surface area contributed by atoms with Gasteiger partial charge in [-0.05, 0) is 43.2 Å². The zero-order valence-electron chi connectivity index (χ0n) is 11.1. The molecule has 0 amide bonds. The molecule has 1 aromatic carbocycles. The number of phenols is 1. The van der Waals surface area contributed by atoms with Crippen LogP contribution in [0, 0.1) is 17.6 Å². The first kappa shape index (κ1) is 14.9. The van der Waals surface area contributed by atoms with E-state index in [4.69, 9.17) is 10.2 Å². The van der Waals surface area contributed by atoms with Gasteiger partial charge in [-0.15, -0.1) is 0 Å². The molecule has 5 heteroatoms. The lowest BCUT2D eigenvalue weighted by Gasteiger charge is -2.28. The first-order valence-electron chi connectivity index (χ1n) is 6.85. The number of hydrogen-bond donors (Lipinski definition) is 2. The standard InChI is InChI=1S/C15H18F2O3/c16-14-11(5-6-13(20)15(14)17)9-1-3-10(4-2-9)12(19)7-8-18/h5-6,9-10,18,20H,1-4,7-8H2. The van der Waals surface area contributed by atoms with Gasteiger partial charge in [-0.3, -0.25) is 4.79 Å². The third kappa shape index (κ3) is 2.98. The van der Waals surface area contributed by atoms with Crippen molar-refractivity contribution >= 4 is 5.78 Å². The Hall–Kier alpha value is -1.49. The van der Waals surface area contributed by atoms with Crippen LogP contribution in [0.2, 0.25) is 0 Å². The Morgan fingerprint density at radius 2 is 1.80 bits per heavy atom. The van der Waals surface area contributed by atoms with Gasteiger partial charge in [0.25, 0.3) is 0 Å². The molecule has 2 rings (SSSR count). The maximum absolute atomic E-state index is 13.8. The molecule has 0 radical (unpaired) electrons. The van der Waals surface area contributed by atoms with E-state index in [2.05, 4.69) is 0 Å². The van der Waals surface area contributed by atoms with Gasteiger partial charge in [-0.1, -0.05) is 6.07 Å². The van der Waals surface area contributed by atoms with Crippen molar-refractivity contribution in [1.82, 2.24) is 0 Å². The molecule has 0 aromatic heterocycles. The summed E-state index contributed by atoms with van der Waals surface area (Å²) < 4.78 is 27.1. The summed E-state index contributed by atoms with van der Waals surface area (Å²) in [6.45, 7) is -0.142. The van der Waals surface area contributed by atoms with Gasteiger partial charge in [0.05, 0.1) is 0 Å². The van der Waals surface area contributed by atoms with Crippen molar-refractivity contribution in [2.75, 3.05) is 6.61 Å². The van der Waals surface area contributed by atoms with Crippen molar-refractivity contribution < 1.29 is 23.8 Å². The van der Waals surface area contributed by atoms with E-state index in [9.17, 15) is 13.6 Å². The molecule has 2 N–H and O–H groups in total. The van der Waals surface area contributed by atoms with Crippen LogP contribution >= 0.6 is 0 Å². The molecule has 0 atom stereocenters. The second-order valence-electron chi connectivity index (χ2n) is 5.29. The highest BCUT2D eigenvalue weighted by Gasteiger charge is 2.29. The Balaban J connectivity index is 2.04. The molecule has 1 saturated carbocycles. The van der Waals surface area contributed by atoms with Crippen LogP contribution in [0.3, 0.4) is 0 Å². The van der Waals surface area contributed by atoms with Crippen molar-refractivity contribution in [3.05, 3.63) is 29.3 Å². The summed E-state index contributed by atoms with van der Waals surface area (Å²) in [6, 6.07) is 2.57. The van der Waals surface area contributed by atoms with Gasteiger partial charge < -0.3 is 10.2 Å². The average molecular weight is 284 g/mol. The average Bonchev–Trinajstić information content (AvgIpc) is 2.45. The fourth-order valence-corrected chi connectivity index (χ4v) is 2.91. The van der Waals surface area contributed by atoms with Crippen molar-refractivity contribution in [3.63, 3.8) is 0 Å². The summed E-state index contributed by atoms with van der Waals surface area (Å²) in [5.41, 5.74) is 0.272. The summed E-state index contributed by atoms with van der Waals surface area (Å²) in [7, 11) is 0. The number of halogens is 2. The molecule has 1 aliphatic rings. The summed E-state index contributed by atoms with van der Waals surface area (Å²) in [4.78, 5) is 11.7. The number of rotatable bonds is 4. The van der Waals surface area contributed by atoms with Crippen LogP contribution in [0.15, 0.2) is 12.1 Å². The van der Waals surface area contributed by atoms with Crippen LogP contribution < -0.4 is 0 Å². The normalized spacial score (nSPS) is 22.8. The molecular weight excluding hydrogens is 266 g/mol. The lowest BCUT2D eigenvalue weighted by molar-refractivity contribution is -0.124. The van der Waals surface area contributed by atoms with E-state index in [0.29, 0.717) is 25.7 Å². The molecule has 0 saturated heterocycles. The Morgan fingerprint density at radius 1 is 1.15 bits per heavy atom. The van der Waals surface area contributed by atoms with Crippen LogP contribution in [0.5, 0.6) is 5.75 Å². The largest absolute Gasteiger partial charge is 0.505 e. The monoisotopic (exact) mass is 284 g/mol. The number of carbonyl (C=O) groups is 1. The van der Waals surface area contributed by atoms with Gasteiger partial charge in [0, 0.05) is 18.9 Å². The van der Waals surface area contributed by atoms with Crippen LogP contribution in [0.25, 0.3) is 0 Å². The van der Waals surface area contributed by atoms with E-state index in [1.807, 2.05) is 0 Å². The Morgan fingerprint density at radius 3 is 2.40 bits per heavy atom. The molecule has 0 bridgehead atoms. The number of carbonyl (C=O) groups excluding carboxylic acids is 1. The summed E-state index contributed by atoms with van der Waals surface area (Å²) >= 11 is 0. The second kappa shape index (κ2) is 6.31. The molecule has 0 spiro atoms. The van der Waals surface area contributed by atoms with Gasteiger partial charge in [0.15, 0.2) is 11.6 Å². The number of ketones is 1. The fraction of sp³-hybridized carbons (Fsp3) is 0.533. The third-order valence-electron chi connectivity index (χ3n) is 4.07. The molecule has 110 valence electrons. The third-order valence-corrected chi connectivity index (χ3v) is 4.07. The van der Waals surface area contributed by atoms with Crippen LogP contribution in [0.4, 0.5) is 8.78 Å². The second-order valence-corrected chi connectivity index (χ2v) is 5.29. The van der Waals surface area contributed by atoms with Crippen LogP contribution in [-0.4, -0.2) is 22.6 Å². The molecule has 1 fully saturated rings. The lowest BCUT2D eigenvalue weighted by Crippen LogP contribution is -2.22. The van der Waals surface area contributed by atoms with Crippen LogP contribution in [-0.2, 0) is 4.79 Å². The van der Waals surface area contributed by atoms with Crippen molar-refractivity contribution in [1.29, 1.82) is 0 Å². The molecule has 0 heterocycles. The van der Waals surface area contributed by atoms with Crippen molar-refractivity contribution in [2.45, 2.75) is 38.0 Å². The number of Topliss-reactive ketones (excluding diaryl/α,β-unsaturated/α-hetero) is 1. The minimum Gasteiger partial charge on any atom is -0.505 e. The van der Waals surface area contributed by atoms with Crippen molar-refractivity contribution in [2.24, 2.45) is 5.92 Å². The van der Waals surface area contributed by atoms with Gasteiger partial charge in [0.1, 0.15) is 5.78 Å². The number of hydrogen-bond acceptors (Lipinski definition) is 3. The van der Waals surface area contributed by atoms with Crippen LogP contribution in [0.1, 0.15) is 43.6 Å². The number of aliphatic hydroxyl groups excluding tert-OH is 1. The van der Waals surface area contributed by atoms with Crippen molar-refractivity contribution in [3.8, 4) is 5.75 Å². The summed E-state index contributed by atoms with van der Waals surface area (Å²) in [5, 5.41) is 17.9. The van der Waals surface area contributed by atoms with E-state index in [0.717, 1.165) is 6.07 Å². The number of phenolic OH excluding ortho intramolecular Hbond substituents is 1. The molecule has 3 nitrogen and oxygen atoms in total. The number of aliphatic hydroxyl groups is 1. The van der Waals surface area contributed by atoms with E-state index >= 15 is 0 Å². The van der Waals surface area contributed by atoms with E-state index in [-0.39, 0.29) is 36.2 Å². The highest BCUT2D eigenvalue weighted by atomic mass is 19.2. The van der Waals surface area contributed by atoms with E-state index < -0.39 is 17.4 Å². The minimum absolute atomic E-state index is 0.0447. The van der Waals surface area contributed by atoms with Gasteiger partial charge in [0.2, 0.25) is 5.82 Å². The SMILES string of the molecule is O=C(CCO)C1CCC(c2ccc(O)c(F)c2F)CC1. The van der Waals surface area contributed by atoms with Gasteiger partial charge in [-0.25, -0.2) is 4.39 Å². The van der Waals surface area contributed by atoms with E-state index in [1.165, 1.54) is 6.07 Å². The van der Waals surface area contributed by atoms with E-state index in [1.54, 1.807) is 0 Å². The maximum Gasteiger partial charge on any atom is 0.200 e. The Labute approximate surface area is 116 Å². The summed E-state index contributed by atoms with van der Waals surface area (Å²) in [6.07, 6.45) is 2.65. The topological polar surface area (TPSA) is 57.5 Å². The molecule has 1 aromatic rings.